The fourth-order valence-electron chi connectivity index (χ4n) is 2.37. The average molecular weight is 286 g/mol. The van der Waals surface area contributed by atoms with Crippen LogP contribution < -0.4 is 0 Å². The van der Waals surface area contributed by atoms with Crippen LogP contribution in [0.4, 0.5) is 0 Å². The van der Waals surface area contributed by atoms with E-state index in [2.05, 4.69) is 4.40 Å². The van der Waals surface area contributed by atoms with Gasteiger partial charge in [0.1, 0.15) is 0 Å². The van der Waals surface area contributed by atoms with Crippen molar-refractivity contribution < 1.29 is 8.42 Å². The van der Waals surface area contributed by atoms with E-state index in [1.54, 1.807) is 7.05 Å². The maximum absolute atomic E-state index is 12.1. The molecule has 0 saturated heterocycles. The average Bonchev–Trinajstić information content (AvgIpc) is 2.72. The molecule has 0 fully saturated rings. The van der Waals surface area contributed by atoms with Crippen LogP contribution in [0.15, 0.2) is 65.1 Å². The van der Waals surface area contributed by atoms with E-state index in [-0.39, 0.29) is 6.04 Å². The molecule has 102 valence electrons. The zero-order valence-corrected chi connectivity index (χ0v) is 11.8. The molecule has 1 aliphatic rings. The molecule has 0 N–H and O–H groups in total. The number of hydrogen-bond donors (Lipinski definition) is 0. The van der Waals surface area contributed by atoms with Gasteiger partial charge in [-0.2, -0.15) is 17.1 Å². The molecule has 5 heteroatoms. The van der Waals surface area contributed by atoms with Crippen LogP contribution >= 0.6 is 0 Å². The molecule has 0 amide bonds. The number of rotatable bonds is 2. The molecule has 1 atom stereocenters. The summed E-state index contributed by atoms with van der Waals surface area (Å²) in [4.78, 5) is 0. The molecule has 0 aromatic heterocycles. The van der Waals surface area contributed by atoms with Gasteiger partial charge in [-0.25, -0.2) is 0 Å². The van der Waals surface area contributed by atoms with Gasteiger partial charge in [0.15, 0.2) is 0 Å². The molecule has 0 radical (unpaired) electrons. The summed E-state index contributed by atoms with van der Waals surface area (Å²) in [6, 6.07) is 18.6. The first kappa shape index (κ1) is 13.0. The third-order valence-corrected chi connectivity index (χ3v) is 4.75. The lowest BCUT2D eigenvalue weighted by molar-refractivity contribution is 0.457. The van der Waals surface area contributed by atoms with E-state index in [1.165, 1.54) is 4.31 Å². The maximum atomic E-state index is 12.1. The minimum Gasteiger partial charge on any atom is -0.187 e. The standard InChI is InChI=1S/C15H14N2O2S/c1-17-15(13-10-6-3-7-11-13)14(16-20(17,18)19)12-8-4-2-5-9-12/h2-11,15H,1H3. The molecule has 2 aromatic carbocycles. The van der Waals surface area contributed by atoms with Crippen LogP contribution in [0.1, 0.15) is 17.2 Å². The van der Waals surface area contributed by atoms with Crippen molar-refractivity contribution in [1.82, 2.24) is 4.31 Å². The first-order valence-electron chi connectivity index (χ1n) is 6.28. The second-order valence-corrected chi connectivity index (χ2v) is 6.30. The van der Waals surface area contributed by atoms with Crippen LogP contribution in [-0.4, -0.2) is 25.5 Å². The molecular formula is C15H14N2O2S. The maximum Gasteiger partial charge on any atom is 0.323 e. The number of likely N-dealkylation sites (N-methyl/N-ethyl adjacent to an activating group) is 1. The Morgan fingerprint density at radius 2 is 1.50 bits per heavy atom. The van der Waals surface area contributed by atoms with E-state index >= 15 is 0 Å². The number of nitrogens with zero attached hydrogens (tertiary/aromatic N) is 2. The van der Waals surface area contributed by atoms with Crippen molar-refractivity contribution in [2.75, 3.05) is 7.05 Å². The number of benzene rings is 2. The second-order valence-electron chi connectivity index (χ2n) is 4.65. The predicted molar refractivity (Wildman–Crippen MR) is 78.8 cm³/mol. The molecule has 4 nitrogen and oxygen atoms in total. The summed E-state index contributed by atoms with van der Waals surface area (Å²) >= 11 is 0. The van der Waals surface area contributed by atoms with Crippen LogP contribution in [-0.2, 0) is 10.2 Å². The predicted octanol–water partition coefficient (Wildman–Crippen LogP) is 2.41. The summed E-state index contributed by atoms with van der Waals surface area (Å²) in [5.74, 6) is 0. The van der Waals surface area contributed by atoms with E-state index in [9.17, 15) is 8.42 Å². The van der Waals surface area contributed by atoms with Crippen LogP contribution in [0.25, 0.3) is 0 Å². The van der Waals surface area contributed by atoms with Gasteiger partial charge < -0.3 is 0 Å². The highest BCUT2D eigenvalue weighted by atomic mass is 32.2. The van der Waals surface area contributed by atoms with Crippen molar-refractivity contribution in [2.45, 2.75) is 6.04 Å². The molecule has 0 aliphatic carbocycles. The summed E-state index contributed by atoms with van der Waals surface area (Å²) in [5, 5.41) is 0. The van der Waals surface area contributed by atoms with Gasteiger partial charge in [-0.3, -0.25) is 0 Å². The monoisotopic (exact) mass is 286 g/mol. The highest BCUT2D eigenvalue weighted by Gasteiger charge is 2.38. The minimum absolute atomic E-state index is 0.372. The van der Waals surface area contributed by atoms with Crippen LogP contribution in [0.3, 0.4) is 0 Å². The van der Waals surface area contributed by atoms with Gasteiger partial charge in [-0.15, -0.1) is 0 Å². The quantitative estimate of drug-likeness (QED) is 0.851. The van der Waals surface area contributed by atoms with Gasteiger partial charge in [-0.05, 0) is 11.1 Å². The summed E-state index contributed by atoms with van der Waals surface area (Å²) in [5.41, 5.74) is 2.31. The van der Waals surface area contributed by atoms with Gasteiger partial charge in [0.25, 0.3) is 0 Å². The zero-order chi connectivity index (χ0) is 14.2. The molecule has 0 spiro atoms. The van der Waals surface area contributed by atoms with E-state index in [1.807, 2.05) is 60.7 Å². The van der Waals surface area contributed by atoms with E-state index in [0.717, 1.165) is 11.1 Å². The Morgan fingerprint density at radius 3 is 2.10 bits per heavy atom. The van der Waals surface area contributed by atoms with Gasteiger partial charge in [0.2, 0.25) is 0 Å². The van der Waals surface area contributed by atoms with Crippen LogP contribution in [0.5, 0.6) is 0 Å². The van der Waals surface area contributed by atoms with Crippen molar-refractivity contribution in [3.05, 3.63) is 71.8 Å². The van der Waals surface area contributed by atoms with Crippen molar-refractivity contribution in [1.29, 1.82) is 0 Å². The van der Waals surface area contributed by atoms with Crippen molar-refractivity contribution in [2.24, 2.45) is 4.40 Å². The molecular weight excluding hydrogens is 272 g/mol. The van der Waals surface area contributed by atoms with Crippen LogP contribution in [0, 0.1) is 0 Å². The first-order valence-corrected chi connectivity index (χ1v) is 7.67. The smallest absolute Gasteiger partial charge is 0.187 e. The van der Waals surface area contributed by atoms with E-state index in [0.29, 0.717) is 5.71 Å². The second kappa shape index (κ2) is 4.85. The van der Waals surface area contributed by atoms with Gasteiger partial charge in [-0.1, -0.05) is 60.7 Å². The van der Waals surface area contributed by atoms with Crippen molar-refractivity contribution >= 4 is 15.9 Å². The zero-order valence-electron chi connectivity index (χ0n) is 11.0. The van der Waals surface area contributed by atoms with Gasteiger partial charge in [0.05, 0.1) is 11.8 Å². The largest absolute Gasteiger partial charge is 0.323 e. The fourth-order valence-corrected chi connectivity index (χ4v) is 3.44. The third-order valence-electron chi connectivity index (χ3n) is 3.39. The molecule has 0 bridgehead atoms. The Kier molecular flexibility index (Phi) is 3.16. The van der Waals surface area contributed by atoms with E-state index < -0.39 is 10.2 Å². The first-order chi connectivity index (χ1) is 9.59. The Morgan fingerprint density at radius 1 is 0.950 bits per heavy atom. The topological polar surface area (TPSA) is 49.7 Å². The Labute approximate surface area is 118 Å². The van der Waals surface area contributed by atoms with Gasteiger partial charge >= 0.3 is 10.2 Å². The highest BCUT2D eigenvalue weighted by Crippen LogP contribution is 2.33. The normalized spacial score (nSPS) is 21.6. The summed E-state index contributed by atoms with van der Waals surface area (Å²) in [7, 11) is -2.04. The molecule has 1 heterocycles. The van der Waals surface area contributed by atoms with Gasteiger partial charge in [0, 0.05) is 7.05 Å². The lowest BCUT2D eigenvalue weighted by Gasteiger charge is -2.19. The molecule has 0 saturated carbocycles. The van der Waals surface area contributed by atoms with Crippen molar-refractivity contribution in [3.8, 4) is 0 Å². The number of hydrogen-bond acceptors (Lipinski definition) is 2. The lowest BCUT2D eigenvalue weighted by Crippen LogP contribution is -2.27. The molecule has 1 aliphatic heterocycles. The molecule has 3 rings (SSSR count). The Balaban J connectivity index is 2.15. The molecule has 2 aromatic rings. The Bertz CT molecular complexity index is 740. The van der Waals surface area contributed by atoms with E-state index in [4.69, 9.17) is 0 Å². The van der Waals surface area contributed by atoms with Crippen LogP contribution in [0.2, 0.25) is 0 Å². The summed E-state index contributed by atoms with van der Waals surface area (Å²) in [6.45, 7) is 0. The lowest BCUT2D eigenvalue weighted by atomic mass is 9.97. The summed E-state index contributed by atoms with van der Waals surface area (Å²) < 4.78 is 29.4. The molecule has 20 heavy (non-hydrogen) atoms. The summed E-state index contributed by atoms with van der Waals surface area (Å²) in [6.07, 6.45) is 0. The van der Waals surface area contributed by atoms with Crippen molar-refractivity contribution in [3.63, 3.8) is 0 Å². The highest BCUT2D eigenvalue weighted by molar-refractivity contribution is 7.88. The molecule has 1 unspecified atom stereocenters. The fraction of sp³-hybridized carbons (Fsp3) is 0.133. The minimum atomic E-state index is -3.60. The third kappa shape index (κ3) is 2.15. The Hall–Kier alpha value is -1.98. The SMILES string of the molecule is CN1C(c2ccccc2)C(c2ccccc2)=NS1(=O)=O.